The topological polar surface area (TPSA) is 23.5 Å². The molecule has 1 aromatic rings. The highest BCUT2D eigenvalue weighted by Gasteiger charge is 2.33. The van der Waals surface area contributed by atoms with Gasteiger partial charge >= 0.3 is 6.18 Å². The lowest BCUT2D eigenvalue weighted by Crippen LogP contribution is -2.17. The van der Waals surface area contributed by atoms with E-state index in [0.29, 0.717) is 12.1 Å². The van der Waals surface area contributed by atoms with E-state index < -0.39 is 17.5 Å². The number of benzene rings is 1. The van der Waals surface area contributed by atoms with E-state index in [9.17, 15) is 13.2 Å². The first-order valence-corrected chi connectivity index (χ1v) is 4.92. The molecule has 5 heteroatoms. The van der Waals surface area contributed by atoms with E-state index in [0.717, 1.165) is 18.7 Å². The summed E-state index contributed by atoms with van der Waals surface area (Å²) in [7, 11) is 1.82. The lowest BCUT2D eigenvalue weighted by atomic mass is 10.1. The summed E-state index contributed by atoms with van der Waals surface area (Å²) < 4.78 is 37.4. The summed E-state index contributed by atoms with van der Waals surface area (Å²) >= 11 is 0. The van der Waals surface area contributed by atoms with Crippen LogP contribution < -0.4 is 0 Å². The molecular weight excluding hydrogens is 219 g/mol. The zero-order valence-corrected chi connectivity index (χ0v) is 9.17. The van der Waals surface area contributed by atoms with Crippen molar-refractivity contribution in [2.75, 3.05) is 13.6 Å². The van der Waals surface area contributed by atoms with Gasteiger partial charge in [0.2, 0.25) is 0 Å². The molecule has 0 aliphatic carbocycles. The first-order valence-electron chi connectivity index (χ1n) is 4.92. The smallest absolute Gasteiger partial charge is 0.419 e. The van der Waals surface area contributed by atoms with Crippen molar-refractivity contribution < 1.29 is 18.3 Å². The average Bonchev–Trinajstić information content (AvgIpc) is 2.19. The van der Waals surface area contributed by atoms with Gasteiger partial charge in [-0.05, 0) is 31.3 Å². The molecule has 0 saturated heterocycles. The summed E-state index contributed by atoms with van der Waals surface area (Å²) in [6.07, 6.45) is -4.51. The number of phenols is 1. The second kappa shape index (κ2) is 4.74. The lowest BCUT2D eigenvalue weighted by Gasteiger charge is -2.16. The van der Waals surface area contributed by atoms with Crippen molar-refractivity contribution in [1.29, 1.82) is 0 Å². The SMILES string of the molecule is CCN(C)Cc1ccc(O)c(C(F)(F)F)c1. The van der Waals surface area contributed by atoms with Gasteiger partial charge in [-0.1, -0.05) is 13.0 Å². The molecule has 2 nitrogen and oxygen atoms in total. The predicted octanol–water partition coefficient (Wildman–Crippen LogP) is 2.86. The van der Waals surface area contributed by atoms with E-state index in [1.54, 1.807) is 0 Å². The molecule has 0 atom stereocenters. The molecule has 0 heterocycles. The normalized spacial score (nSPS) is 12.1. The Labute approximate surface area is 92.3 Å². The Kier molecular flexibility index (Phi) is 3.80. The summed E-state index contributed by atoms with van der Waals surface area (Å²) in [5, 5.41) is 9.13. The Bertz CT molecular complexity index is 363. The van der Waals surface area contributed by atoms with Gasteiger partial charge in [-0.15, -0.1) is 0 Å². The number of halogens is 3. The fourth-order valence-corrected chi connectivity index (χ4v) is 1.33. The maximum Gasteiger partial charge on any atom is 0.419 e. The van der Waals surface area contributed by atoms with Crippen LogP contribution in [0.4, 0.5) is 13.2 Å². The standard InChI is InChI=1S/C11H14F3NO/c1-3-15(2)7-8-4-5-10(16)9(6-8)11(12,13)14/h4-6,16H,3,7H2,1-2H3. The summed E-state index contributed by atoms with van der Waals surface area (Å²) in [6.45, 7) is 3.10. The van der Waals surface area contributed by atoms with E-state index in [1.807, 2.05) is 18.9 Å². The minimum Gasteiger partial charge on any atom is -0.507 e. The van der Waals surface area contributed by atoms with Crippen LogP contribution in [0.1, 0.15) is 18.1 Å². The molecule has 0 bridgehead atoms. The molecule has 1 rings (SSSR count). The molecule has 1 aromatic carbocycles. The zero-order chi connectivity index (χ0) is 12.3. The van der Waals surface area contributed by atoms with Crippen LogP contribution in [0.2, 0.25) is 0 Å². The van der Waals surface area contributed by atoms with Gasteiger partial charge in [0.25, 0.3) is 0 Å². The largest absolute Gasteiger partial charge is 0.507 e. The van der Waals surface area contributed by atoms with Crippen LogP contribution in [0.15, 0.2) is 18.2 Å². The highest BCUT2D eigenvalue weighted by molar-refractivity contribution is 5.38. The second-order valence-corrected chi connectivity index (χ2v) is 3.68. The molecule has 0 unspecified atom stereocenters. The van der Waals surface area contributed by atoms with Crippen molar-refractivity contribution in [3.8, 4) is 5.75 Å². The van der Waals surface area contributed by atoms with Crippen molar-refractivity contribution in [3.05, 3.63) is 29.3 Å². The molecule has 0 aromatic heterocycles. The number of rotatable bonds is 3. The van der Waals surface area contributed by atoms with Gasteiger partial charge in [-0.3, -0.25) is 0 Å². The molecule has 1 N–H and O–H groups in total. The van der Waals surface area contributed by atoms with Crippen LogP contribution in [-0.4, -0.2) is 23.6 Å². The Morgan fingerprint density at radius 3 is 2.44 bits per heavy atom. The summed E-state index contributed by atoms with van der Waals surface area (Å²) in [4.78, 5) is 1.88. The number of alkyl halides is 3. The van der Waals surface area contributed by atoms with Gasteiger partial charge in [0, 0.05) is 6.54 Å². The first-order chi connectivity index (χ1) is 7.34. The van der Waals surface area contributed by atoms with Crippen molar-refractivity contribution in [1.82, 2.24) is 4.90 Å². The second-order valence-electron chi connectivity index (χ2n) is 3.68. The molecular formula is C11H14F3NO. The van der Waals surface area contributed by atoms with E-state index in [2.05, 4.69) is 0 Å². The van der Waals surface area contributed by atoms with Gasteiger partial charge in [-0.2, -0.15) is 13.2 Å². The lowest BCUT2D eigenvalue weighted by molar-refractivity contribution is -0.138. The zero-order valence-electron chi connectivity index (χ0n) is 9.17. The first kappa shape index (κ1) is 12.8. The number of aromatic hydroxyl groups is 1. The number of hydrogen-bond donors (Lipinski definition) is 1. The van der Waals surface area contributed by atoms with E-state index in [4.69, 9.17) is 5.11 Å². The summed E-state index contributed by atoms with van der Waals surface area (Å²) in [5.74, 6) is -0.726. The Morgan fingerprint density at radius 2 is 1.94 bits per heavy atom. The monoisotopic (exact) mass is 233 g/mol. The third kappa shape index (κ3) is 3.13. The van der Waals surface area contributed by atoms with Gasteiger partial charge in [-0.25, -0.2) is 0 Å². The van der Waals surface area contributed by atoms with Crippen LogP contribution in [0.5, 0.6) is 5.75 Å². The van der Waals surface area contributed by atoms with Crippen LogP contribution in [0, 0.1) is 0 Å². The molecule has 0 aliphatic heterocycles. The quantitative estimate of drug-likeness (QED) is 0.867. The van der Waals surface area contributed by atoms with Gasteiger partial charge in [0.15, 0.2) is 0 Å². The fourth-order valence-electron chi connectivity index (χ4n) is 1.33. The average molecular weight is 233 g/mol. The van der Waals surface area contributed by atoms with Gasteiger partial charge in [0.05, 0.1) is 5.56 Å². The van der Waals surface area contributed by atoms with Crippen molar-refractivity contribution in [3.63, 3.8) is 0 Å². The van der Waals surface area contributed by atoms with E-state index in [-0.39, 0.29) is 0 Å². The molecule has 0 aliphatic rings. The minimum atomic E-state index is -4.51. The van der Waals surface area contributed by atoms with Gasteiger partial charge in [0.1, 0.15) is 5.75 Å². The third-order valence-corrected chi connectivity index (χ3v) is 2.36. The number of nitrogens with zero attached hydrogens (tertiary/aromatic N) is 1. The van der Waals surface area contributed by atoms with E-state index in [1.165, 1.54) is 6.07 Å². The van der Waals surface area contributed by atoms with Crippen LogP contribution in [-0.2, 0) is 12.7 Å². The summed E-state index contributed by atoms with van der Waals surface area (Å²) in [6, 6.07) is 3.57. The fraction of sp³-hybridized carbons (Fsp3) is 0.455. The highest BCUT2D eigenvalue weighted by Crippen LogP contribution is 2.36. The predicted molar refractivity (Wildman–Crippen MR) is 55.1 cm³/mol. The molecule has 0 fully saturated rings. The van der Waals surface area contributed by atoms with Crippen molar-refractivity contribution >= 4 is 0 Å². The molecule has 0 radical (unpaired) electrons. The number of phenolic OH excluding ortho intramolecular Hbond substituents is 1. The molecule has 90 valence electrons. The van der Waals surface area contributed by atoms with Crippen molar-refractivity contribution in [2.24, 2.45) is 0 Å². The van der Waals surface area contributed by atoms with E-state index >= 15 is 0 Å². The maximum atomic E-state index is 12.5. The molecule has 16 heavy (non-hydrogen) atoms. The Balaban J connectivity index is 2.99. The van der Waals surface area contributed by atoms with Crippen LogP contribution in [0.25, 0.3) is 0 Å². The van der Waals surface area contributed by atoms with Crippen molar-refractivity contribution in [2.45, 2.75) is 19.6 Å². The highest BCUT2D eigenvalue weighted by atomic mass is 19.4. The maximum absolute atomic E-state index is 12.5. The molecule has 0 saturated carbocycles. The minimum absolute atomic E-state index is 0.430. The summed E-state index contributed by atoms with van der Waals surface area (Å²) in [5.41, 5.74) is -0.441. The number of hydrogen-bond acceptors (Lipinski definition) is 2. The van der Waals surface area contributed by atoms with Crippen LogP contribution >= 0.6 is 0 Å². The van der Waals surface area contributed by atoms with Crippen LogP contribution in [0.3, 0.4) is 0 Å². The Hall–Kier alpha value is -1.23. The Morgan fingerprint density at radius 1 is 1.31 bits per heavy atom. The molecule has 0 spiro atoms. The van der Waals surface area contributed by atoms with Gasteiger partial charge < -0.3 is 10.0 Å². The third-order valence-electron chi connectivity index (χ3n) is 2.36. The molecule has 0 amide bonds.